The molecular weight excluding hydrogens is 331 g/mol. The molecule has 1 aromatic carbocycles. The van der Waals surface area contributed by atoms with Crippen LogP contribution in [0.4, 0.5) is 4.39 Å². The van der Waals surface area contributed by atoms with E-state index in [2.05, 4.69) is 17.1 Å². The number of hydrogen-bond acceptors (Lipinski definition) is 3. The van der Waals surface area contributed by atoms with Crippen molar-refractivity contribution in [2.45, 2.75) is 38.6 Å². The van der Waals surface area contributed by atoms with Gasteiger partial charge in [-0.05, 0) is 31.9 Å². The molecule has 1 amide bonds. The van der Waals surface area contributed by atoms with Gasteiger partial charge in [0.05, 0.1) is 6.42 Å². The Morgan fingerprint density at radius 2 is 2.12 bits per heavy atom. The maximum absolute atomic E-state index is 13.8. The maximum Gasteiger partial charge on any atom is 0.227 e. The van der Waals surface area contributed by atoms with Gasteiger partial charge >= 0.3 is 0 Å². The number of aromatic nitrogens is 3. The molecule has 2 aromatic rings. The summed E-state index contributed by atoms with van der Waals surface area (Å²) < 4.78 is 15.9. The molecule has 0 aliphatic carbocycles. The molecule has 128 valence electrons. The number of aryl methyl sites for hydroxylation is 1. The lowest BCUT2D eigenvalue weighted by Crippen LogP contribution is -2.39. The van der Waals surface area contributed by atoms with Crippen molar-refractivity contribution in [2.24, 2.45) is 0 Å². The number of piperidine rings is 1. The van der Waals surface area contributed by atoms with E-state index < -0.39 is 5.82 Å². The van der Waals surface area contributed by atoms with E-state index in [4.69, 9.17) is 11.6 Å². The van der Waals surface area contributed by atoms with E-state index in [9.17, 15) is 9.18 Å². The molecule has 0 bridgehead atoms. The van der Waals surface area contributed by atoms with Crippen LogP contribution < -0.4 is 0 Å². The van der Waals surface area contributed by atoms with Crippen molar-refractivity contribution in [1.29, 1.82) is 0 Å². The smallest absolute Gasteiger partial charge is 0.227 e. The normalized spacial score (nSPS) is 15.7. The van der Waals surface area contributed by atoms with Crippen molar-refractivity contribution in [3.05, 3.63) is 46.8 Å². The minimum Gasteiger partial charge on any atom is -0.342 e. The van der Waals surface area contributed by atoms with Crippen LogP contribution in [0.5, 0.6) is 0 Å². The van der Waals surface area contributed by atoms with Gasteiger partial charge < -0.3 is 9.47 Å². The molecular formula is C17H20ClFN4O. The van der Waals surface area contributed by atoms with Crippen molar-refractivity contribution < 1.29 is 9.18 Å². The molecule has 1 aliphatic heterocycles. The zero-order valence-electron chi connectivity index (χ0n) is 13.6. The molecule has 24 heavy (non-hydrogen) atoms. The van der Waals surface area contributed by atoms with Gasteiger partial charge in [-0.1, -0.05) is 17.7 Å². The van der Waals surface area contributed by atoms with Gasteiger partial charge in [0.25, 0.3) is 0 Å². The van der Waals surface area contributed by atoms with Crippen LogP contribution in [0.2, 0.25) is 5.02 Å². The lowest BCUT2D eigenvalue weighted by molar-refractivity contribution is -0.131. The van der Waals surface area contributed by atoms with Crippen LogP contribution in [-0.4, -0.2) is 38.7 Å². The topological polar surface area (TPSA) is 51.0 Å². The van der Waals surface area contributed by atoms with Crippen molar-refractivity contribution in [3.8, 4) is 0 Å². The molecule has 1 saturated heterocycles. The Morgan fingerprint density at radius 1 is 1.38 bits per heavy atom. The lowest BCUT2D eigenvalue weighted by atomic mass is 9.95. The van der Waals surface area contributed by atoms with Crippen LogP contribution >= 0.6 is 11.6 Å². The largest absolute Gasteiger partial charge is 0.342 e. The third kappa shape index (κ3) is 3.43. The third-order valence-corrected chi connectivity index (χ3v) is 4.94. The fraction of sp³-hybridized carbons (Fsp3) is 0.471. The van der Waals surface area contributed by atoms with Crippen molar-refractivity contribution in [1.82, 2.24) is 19.7 Å². The van der Waals surface area contributed by atoms with Crippen LogP contribution in [-0.2, 0) is 17.8 Å². The second-order valence-electron chi connectivity index (χ2n) is 6.01. The summed E-state index contributed by atoms with van der Waals surface area (Å²) in [5, 5.41) is 8.49. The average Bonchev–Trinajstić information content (AvgIpc) is 3.07. The van der Waals surface area contributed by atoms with Crippen LogP contribution in [0.1, 0.15) is 37.1 Å². The Morgan fingerprint density at radius 3 is 2.79 bits per heavy atom. The van der Waals surface area contributed by atoms with Gasteiger partial charge in [0, 0.05) is 36.1 Å². The number of hydrogen-bond donors (Lipinski definition) is 0. The highest BCUT2D eigenvalue weighted by Gasteiger charge is 2.27. The van der Waals surface area contributed by atoms with Gasteiger partial charge in [0.1, 0.15) is 18.0 Å². The number of carbonyl (C=O) groups is 1. The van der Waals surface area contributed by atoms with Gasteiger partial charge in [-0.25, -0.2) is 4.39 Å². The fourth-order valence-corrected chi connectivity index (χ4v) is 3.40. The van der Waals surface area contributed by atoms with Crippen LogP contribution in [0.3, 0.4) is 0 Å². The molecule has 1 aliphatic rings. The summed E-state index contributed by atoms with van der Waals surface area (Å²) in [5.74, 6) is 0.787. The zero-order valence-corrected chi connectivity index (χ0v) is 14.3. The van der Waals surface area contributed by atoms with Gasteiger partial charge in [-0.3, -0.25) is 4.79 Å². The summed E-state index contributed by atoms with van der Waals surface area (Å²) in [6, 6.07) is 4.48. The number of carbonyl (C=O) groups excluding carboxylic acids is 1. The van der Waals surface area contributed by atoms with Gasteiger partial charge in [0.15, 0.2) is 0 Å². The molecule has 5 nitrogen and oxygen atoms in total. The highest BCUT2D eigenvalue weighted by atomic mass is 35.5. The number of halogens is 2. The minimum atomic E-state index is -0.429. The molecule has 3 rings (SSSR count). The number of rotatable bonds is 4. The van der Waals surface area contributed by atoms with E-state index in [0.29, 0.717) is 24.0 Å². The molecule has 0 radical (unpaired) electrons. The molecule has 0 saturated carbocycles. The Balaban J connectivity index is 1.61. The number of amides is 1. The molecule has 0 N–H and O–H groups in total. The molecule has 2 heterocycles. The van der Waals surface area contributed by atoms with Gasteiger partial charge in [-0.2, -0.15) is 0 Å². The first-order valence-electron chi connectivity index (χ1n) is 8.18. The van der Waals surface area contributed by atoms with Crippen molar-refractivity contribution in [2.75, 3.05) is 13.1 Å². The molecule has 1 aromatic heterocycles. The summed E-state index contributed by atoms with van der Waals surface area (Å²) in [6.45, 7) is 4.19. The summed E-state index contributed by atoms with van der Waals surface area (Å²) in [6.07, 6.45) is 3.43. The fourth-order valence-electron chi connectivity index (χ4n) is 3.18. The second-order valence-corrected chi connectivity index (χ2v) is 6.41. The van der Waals surface area contributed by atoms with Gasteiger partial charge in [-0.15, -0.1) is 10.2 Å². The van der Waals surface area contributed by atoms with E-state index in [-0.39, 0.29) is 17.9 Å². The van der Waals surface area contributed by atoms with Crippen LogP contribution in [0.25, 0.3) is 0 Å². The molecule has 0 unspecified atom stereocenters. The monoisotopic (exact) mass is 350 g/mol. The van der Waals surface area contributed by atoms with Gasteiger partial charge in [0.2, 0.25) is 5.91 Å². The summed E-state index contributed by atoms with van der Waals surface area (Å²) in [5.41, 5.74) is 0.275. The van der Waals surface area contributed by atoms with Crippen molar-refractivity contribution in [3.63, 3.8) is 0 Å². The summed E-state index contributed by atoms with van der Waals surface area (Å²) >= 11 is 6.01. The van der Waals surface area contributed by atoms with Crippen molar-refractivity contribution >= 4 is 17.5 Å². The predicted octanol–water partition coefficient (Wildman–Crippen LogP) is 3.04. The Labute approximate surface area is 145 Å². The van der Waals surface area contributed by atoms with E-state index in [1.807, 2.05) is 4.57 Å². The first kappa shape index (κ1) is 16.9. The summed E-state index contributed by atoms with van der Waals surface area (Å²) in [7, 11) is 0. The molecule has 1 fully saturated rings. The molecule has 0 atom stereocenters. The Bertz CT molecular complexity index is 705. The lowest BCUT2D eigenvalue weighted by Gasteiger charge is -2.31. The first-order valence-corrected chi connectivity index (χ1v) is 8.56. The SMILES string of the molecule is CCn1cnnc1C1CCN(C(=O)Cc2c(F)cccc2Cl)CC1. The quantitative estimate of drug-likeness (QED) is 0.851. The Kier molecular flexibility index (Phi) is 5.14. The standard InChI is InChI=1S/C17H20ClFN4O/c1-2-22-11-20-21-17(22)12-6-8-23(9-7-12)16(24)10-13-14(18)4-3-5-15(13)19/h3-5,11-12H,2,6-10H2,1H3. The van der Waals surface area contributed by atoms with Crippen LogP contribution in [0, 0.1) is 5.82 Å². The average molecular weight is 351 g/mol. The zero-order chi connectivity index (χ0) is 17.1. The van der Waals surface area contributed by atoms with E-state index in [0.717, 1.165) is 25.2 Å². The Hall–Kier alpha value is -1.95. The van der Waals surface area contributed by atoms with E-state index >= 15 is 0 Å². The number of benzene rings is 1. The highest BCUT2D eigenvalue weighted by Crippen LogP contribution is 2.27. The molecule has 7 heteroatoms. The number of nitrogens with zero attached hydrogens (tertiary/aromatic N) is 4. The maximum atomic E-state index is 13.8. The predicted molar refractivity (Wildman–Crippen MR) is 89.4 cm³/mol. The molecule has 0 spiro atoms. The minimum absolute atomic E-state index is 0.00131. The highest BCUT2D eigenvalue weighted by molar-refractivity contribution is 6.31. The first-order chi connectivity index (χ1) is 11.6. The summed E-state index contributed by atoms with van der Waals surface area (Å²) in [4.78, 5) is 14.2. The van der Waals surface area contributed by atoms with E-state index in [1.54, 1.807) is 23.4 Å². The number of likely N-dealkylation sites (tertiary alicyclic amines) is 1. The third-order valence-electron chi connectivity index (χ3n) is 4.59. The van der Waals surface area contributed by atoms with Crippen LogP contribution in [0.15, 0.2) is 24.5 Å². The second kappa shape index (κ2) is 7.30. The van der Waals surface area contributed by atoms with E-state index in [1.165, 1.54) is 6.07 Å².